The van der Waals surface area contributed by atoms with Gasteiger partial charge in [-0.3, -0.25) is 4.90 Å². The maximum Gasteiger partial charge on any atom is 0.326 e. The van der Waals surface area contributed by atoms with E-state index in [9.17, 15) is 4.79 Å². The van der Waals surface area contributed by atoms with Crippen LogP contribution in [-0.4, -0.2) is 25.2 Å². The third-order valence-corrected chi connectivity index (χ3v) is 5.27. The fourth-order valence-electron chi connectivity index (χ4n) is 3.97. The topological polar surface area (TPSA) is 35.6 Å². The van der Waals surface area contributed by atoms with E-state index in [1.807, 2.05) is 35.2 Å². The van der Waals surface area contributed by atoms with Crippen molar-refractivity contribution < 1.29 is 4.79 Å². The van der Waals surface area contributed by atoms with Crippen LogP contribution in [0.2, 0.25) is 0 Å². The smallest absolute Gasteiger partial charge is 0.326 e. The fraction of sp³-hybridized carbons (Fsp3) is 0.381. The van der Waals surface area contributed by atoms with Crippen molar-refractivity contribution in [1.82, 2.24) is 0 Å². The lowest BCUT2D eigenvalue weighted by atomic mass is 10.1. The standard InChI is InChI=1S/C21H25N3O/c1-16-15-17-7-3-4-8-20(17)24(16)21(25)22-18-9-11-19(12-10-18)23-13-5-2-6-14-23/h3-4,7-12,16H,2,5-6,13-15H2,1H3,(H,22,25). The molecule has 2 aliphatic rings. The zero-order chi connectivity index (χ0) is 17.2. The summed E-state index contributed by atoms with van der Waals surface area (Å²) in [7, 11) is 0. The predicted octanol–water partition coefficient (Wildman–Crippen LogP) is 4.66. The summed E-state index contributed by atoms with van der Waals surface area (Å²) in [5, 5.41) is 3.05. The van der Waals surface area contributed by atoms with Crippen LogP contribution in [0.5, 0.6) is 0 Å². The molecule has 1 N–H and O–H groups in total. The van der Waals surface area contributed by atoms with Gasteiger partial charge in [0.05, 0.1) is 0 Å². The molecule has 1 atom stereocenters. The maximum absolute atomic E-state index is 12.8. The van der Waals surface area contributed by atoms with Crippen LogP contribution in [0.4, 0.5) is 21.9 Å². The van der Waals surface area contributed by atoms with Gasteiger partial charge in [0.25, 0.3) is 0 Å². The summed E-state index contributed by atoms with van der Waals surface area (Å²) >= 11 is 0. The summed E-state index contributed by atoms with van der Waals surface area (Å²) in [6.45, 7) is 4.36. The fourth-order valence-corrected chi connectivity index (χ4v) is 3.97. The monoisotopic (exact) mass is 335 g/mol. The number of rotatable bonds is 2. The molecule has 0 aliphatic carbocycles. The number of hydrogen-bond donors (Lipinski definition) is 1. The van der Waals surface area contributed by atoms with Gasteiger partial charge in [-0.15, -0.1) is 0 Å². The number of nitrogens with zero attached hydrogens (tertiary/aromatic N) is 2. The molecule has 0 bridgehead atoms. The van der Waals surface area contributed by atoms with E-state index in [4.69, 9.17) is 0 Å². The molecule has 4 nitrogen and oxygen atoms in total. The Balaban J connectivity index is 1.46. The van der Waals surface area contributed by atoms with Crippen LogP contribution in [0.1, 0.15) is 31.7 Å². The Labute approximate surface area is 149 Å². The van der Waals surface area contributed by atoms with E-state index in [1.54, 1.807) is 0 Å². The van der Waals surface area contributed by atoms with Crippen molar-refractivity contribution in [2.75, 3.05) is 28.2 Å². The van der Waals surface area contributed by atoms with E-state index in [0.29, 0.717) is 0 Å². The van der Waals surface area contributed by atoms with Crippen LogP contribution in [-0.2, 0) is 6.42 Å². The van der Waals surface area contributed by atoms with Gasteiger partial charge in [-0.2, -0.15) is 0 Å². The van der Waals surface area contributed by atoms with Gasteiger partial charge in [0, 0.05) is 36.2 Å². The van der Waals surface area contributed by atoms with Gasteiger partial charge in [0.1, 0.15) is 0 Å². The quantitative estimate of drug-likeness (QED) is 0.866. The van der Waals surface area contributed by atoms with Gasteiger partial charge in [-0.05, 0) is 68.5 Å². The molecule has 0 spiro atoms. The minimum absolute atomic E-state index is 0.0526. The highest BCUT2D eigenvalue weighted by Crippen LogP contribution is 2.32. The van der Waals surface area contributed by atoms with Crippen molar-refractivity contribution in [2.24, 2.45) is 0 Å². The largest absolute Gasteiger partial charge is 0.372 e. The van der Waals surface area contributed by atoms with Crippen molar-refractivity contribution >= 4 is 23.1 Å². The van der Waals surface area contributed by atoms with E-state index in [2.05, 4.69) is 35.3 Å². The number of nitrogens with one attached hydrogen (secondary N) is 1. The molecule has 2 aromatic carbocycles. The number of para-hydroxylation sites is 1. The number of anilines is 3. The molecule has 0 saturated carbocycles. The second kappa shape index (κ2) is 6.79. The van der Waals surface area contributed by atoms with Gasteiger partial charge in [-0.1, -0.05) is 18.2 Å². The van der Waals surface area contributed by atoms with Crippen molar-refractivity contribution in [1.29, 1.82) is 0 Å². The van der Waals surface area contributed by atoms with E-state index in [0.717, 1.165) is 30.9 Å². The third-order valence-electron chi connectivity index (χ3n) is 5.27. The summed E-state index contributed by atoms with van der Waals surface area (Å²) in [5.41, 5.74) is 4.36. The number of urea groups is 1. The first-order valence-corrected chi connectivity index (χ1v) is 9.25. The lowest BCUT2D eigenvalue weighted by Gasteiger charge is -2.29. The molecule has 130 valence electrons. The average molecular weight is 335 g/mol. The summed E-state index contributed by atoms with van der Waals surface area (Å²) in [6, 6.07) is 16.5. The molecule has 0 radical (unpaired) electrons. The van der Waals surface area contributed by atoms with Gasteiger partial charge in [0.15, 0.2) is 0 Å². The van der Waals surface area contributed by atoms with Crippen LogP contribution in [0.3, 0.4) is 0 Å². The summed E-state index contributed by atoms with van der Waals surface area (Å²) in [5.74, 6) is 0. The predicted molar refractivity (Wildman–Crippen MR) is 104 cm³/mol. The zero-order valence-electron chi connectivity index (χ0n) is 14.7. The van der Waals surface area contributed by atoms with Crippen LogP contribution >= 0.6 is 0 Å². The first kappa shape index (κ1) is 16.0. The SMILES string of the molecule is CC1Cc2ccccc2N1C(=O)Nc1ccc(N2CCCCC2)cc1. The molecular weight excluding hydrogens is 310 g/mol. The van der Waals surface area contributed by atoms with Crippen molar-refractivity contribution in [3.8, 4) is 0 Å². The molecule has 1 fully saturated rings. The number of piperidine rings is 1. The zero-order valence-corrected chi connectivity index (χ0v) is 14.7. The van der Waals surface area contributed by atoms with Crippen LogP contribution in [0, 0.1) is 0 Å². The molecule has 25 heavy (non-hydrogen) atoms. The molecule has 2 heterocycles. The number of hydrogen-bond acceptors (Lipinski definition) is 2. The van der Waals surface area contributed by atoms with Gasteiger partial charge >= 0.3 is 6.03 Å². The van der Waals surface area contributed by atoms with Crippen molar-refractivity contribution in [3.05, 3.63) is 54.1 Å². The van der Waals surface area contributed by atoms with E-state index in [-0.39, 0.29) is 12.1 Å². The lowest BCUT2D eigenvalue weighted by molar-refractivity contribution is 0.256. The number of fused-ring (bicyclic) bond motifs is 1. The van der Waals surface area contributed by atoms with Crippen LogP contribution < -0.4 is 15.1 Å². The first-order valence-electron chi connectivity index (χ1n) is 9.25. The highest BCUT2D eigenvalue weighted by atomic mass is 16.2. The Morgan fingerprint density at radius 1 is 1.00 bits per heavy atom. The molecule has 4 heteroatoms. The minimum atomic E-state index is -0.0526. The molecule has 4 rings (SSSR count). The molecule has 1 unspecified atom stereocenters. The Morgan fingerprint density at radius 3 is 2.48 bits per heavy atom. The highest BCUT2D eigenvalue weighted by molar-refractivity contribution is 6.03. The third kappa shape index (κ3) is 3.21. The van der Waals surface area contributed by atoms with Gasteiger partial charge in [-0.25, -0.2) is 4.79 Å². The molecule has 0 aromatic heterocycles. The first-order chi connectivity index (χ1) is 12.2. The minimum Gasteiger partial charge on any atom is -0.372 e. The Kier molecular flexibility index (Phi) is 4.35. The Hall–Kier alpha value is -2.49. The maximum atomic E-state index is 12.8. The Bertz CT molecular complexity index is 750. The molecule has 2 aliphatic heterocycles. The van der Waals surface area contributed by atoms with E-state index < -0.39 is 0 Å². The molecule has 2 aromatic rings. The number of amides is 2. The number of benzene rings is 2. The Morgan fingerprint density at radius 2 is 1.72 bits per heavy atom. The highest BCUT2D eigenvalue weighted by Gasteiger charge is 2.30. The van der Waals surface area contributed by atoms with E-state index >= 15 is 0 Å². The molecule has 2 amide bonds. The average Bonchev–Trinajstić information content (AvgIpc) is 2.99. The molecular formula is C21H25N3O. The normalized spacial score (nSPS) is 19.6. The second-order valence-corrected chi connectivity index (χ2v) is 7.08. The number of carbonyl (C=O) groups is 1. The van der Waals surface area contributed by atoms with Crippen molar-refractivity contribution in [2.45, 2.75) is 38.6 Å². The van der Waals surface area contributed by atoms with E-state index in [1.165, 1.54) is 30.5 Å². The molecule has 1 saturated heterocycles. The number of carbonyl (C=O) groups excluding carboxylic acids is 1. The van der Waals surface area contributed by atoms with Gasteiger partial charge in [0.2, 0.25) is 0 Å². The summed E-state index contributed by atoms with van der Waals surface area (Å²) in [6.07, 6.45) is 4.78. The summed E-state index contributed by atoms with van der Waals surface area (Å²) < 4.78 is 0. The van der Waals surface area contributed by atoms with Crippen LogP contribution in [0.15, 0.2) is 48.5 Å². The van der Waals surface area contributed by atoms with Gasteiger partial charge < -0.3 is 10.2 Å². The summed E-state index contributed by atoms with van der Waals surface area (Å²) in [4.78, 5) is 17.1. The van der Waals surface area contributed by atoms with Crippen LogP contribution in [0.25, 0.3) is 0 Å². The lowest BCUT2D eigenvalue weighted by Crippen LogP contribution is -2.39. The van der Waals surface area contributed by atoms with Crippen molar-refractivity contribution in [3.63, 3.8) is 0 Å². The second-order valence-electron chi connectivity index (χ2n) is 7.08.